The van der Waals surface area contributed by atoms with Gasteiger partial charge in [0.1, 0.15) is 5.82 Å². The zero-order valence-corrected chi connectivity index (χ0v) is 13.3. The van der Waals surface area contributed by atoms with Crippen LogP contribution in [0.1, 0.15) is 30.6 Å². The van der Waals surface area contributed by atoms with Crippen molar-refractivity contribution in [1.82, 2.24) is 10.2 Å². The summed E-state index contributed by atoms with van der Waals surface area (Å²) in [6.07, 6.45) is 1.26. The lowest BCUT2D eigenvalue weighted by molar-refractivity contribution is 0.0932. The number of hydrogen-bond donors (Lipinski definition) is 1. The number of halogens is 2. The minimum absolute atomic E-state index is 0.00267. The minimum Gasteiger partial charge on any atom is -0.351 e. The standard InChI is InChI=1S/C16H22ClFN2O/c1-11-7-12(2)10-20(9-11)6-5-19-16(21)14-8-13(17)3-4-15(14)18/h3-4,8,11-12H,5-7,9-10H2,1-2H3,(H,19,21)/t11-,12+. The molecule has 0 aromatic heterocycles. The molecule has 116 valence electrons. The maximum atomic E-state index is 13.6. The molecule has 1 fully saturated rings. The van der Waals surface area contributed by atoms with Gasteiger partial charge in [0.05, 0.1) is 5.56 Å². The number of benzene rings is 1. The molecule has 1 heterocycles. The summed E-state index contributed by atoms with van der Waals surface area (Å²) < 4.78 is 13.6. The highest BCUT2D eigenvalue weighted by molar-refractivity contribution is 6.30. The molecule has 2 rings (SSSR count). The van der Waals surface area contributed by atoms with Gasteiger partial charge >= 0.3 is 0 Å². The topological polar surface area (TPSA) is 32.3 Å². The smallest absolute Gasteiger partial charge is 0.254 e. The predicted octanol–water partition coefficient (Wildman–Crippen LogP) is 3.19. The van der Waals surface area contributed by atoms with Crippen LogP contribution >= 0.6 is 11.6 Å². The first kappa shape index (κ1) is 16.2. The average Bonchev–Trinajstić information content (AvgIpc) is 2.40. The highest BCUT2D eigenvalue weighted by Crippen LogP contribution is 2.20. The van der Waals surface area contributed by atoms with Crippen molar-refractivity contribution in [1.29, 1.82) is 0 Å². The van der Waals surface area contributed by atoms with Crippen LogP contribution in [0.5, 0.6) is 0 Å². The summed E-state index contributed by atoms with van der Waals surface area (Å²) in [5, 5.41) is 3.13. The van der Waals surface area contributed by atoms with Crippen molar-refractivity contribution < 1.29 is 9.18 Å². The second-order valence-electron chi connectivity index (χ2n) is 6.09. The van der Waals surface area contributed by atoms with E-state index in [-0.39, 0.29) is 5.56 Å². The number of nitrogens with zero attached hydrogens (tertiary/aromatic N) is 1. The van der Waals surface area contributed by atoms with Crippen LogP contribution in [0.3, 0.4) is 0 Å². The molecular weight excluding hydrogens is 291 g/mol. The number of carbonyl (C=O) groups excluding carboxylic acids is 1. The van der Waals surface area contributed by atoms with Crippen LogP contribution in [0.4, 0.5) is 4.39 Å². The summed E-state index contributed by atoms with van der Waals surface area (Å²) in [6, 6.07) is 4.01. The van der Waals surface area contributed by atoms with Gasteiger partial charge < -0.3 is 10.2 Å². The zero-order valence-electron chi connectivity index (χ0n) is 12.5. The fourth-order valence-electron chi connectivity index (χ4n) is 3.07. The molecule has 0 spiro atoms. The van der Waals surface area contributed by atoms with Crippen molar-refractivity contribution >= 4 is 17.5 Å². The molecule has 0 aliphatic carbocycles. The first-order chi connectivity index (χ1) is 9.95. The molecular formula is C16H22ClFN2O. The van der Waals surface area contributed by atoms with Crippen molar-refractivity contribution in [3.05, 3.63) is 34.6 Å². The molecule has 0 saturated carbocycles. The van der Waals surface area contributed by atoms with Gasteiger partial charge in [-0.3, -0.25) is 4.79 Å². The maximum absolute atomic E-state index is 13.6. The summed E-state index contributed by atoms with van der Waals surface area (Å²) in [4.78, 5) is 14.3. The molecule has 2 atom stereocenters. The molecule has 1 aromatic rings. The van der Waals surface area contributed by atoms with Gasteiger partial charge in [0.25, 0.3) is 5.91 Å². The van der Waals surface area contributed by atoms with E-state index in [2.05, 4.69) is 24.1 Å². The van der Waals surface area contributed by atoms with E-state index in [0.717, 1.165) is 19.6 Å². The van der Waals surface area contributed by atoms with E-state index in [1.807, 2.05) is 0 Å². The fourth-order valence-corrected chi connectivity index (χ4v) is 3.24. The average molecular weight is 313 g/mol. The number of hydrogen-bond acceptors (Lipinski definition) is 2. The van der Waals surface area contributed by atoms with Crippen LogP contribution in [0.15, 0.2) is 18.2 Å². The Morgan fingerprint density at radius 3 is 2.71 bits per heavy atom. The normalized spacial score (nSPS) is 23.0. The zero-order chi connectivity index (χ0) is 15.4. The summed E-state index contributed by atoms with van der Waals surface area (Å²) >= 11 is 5.79. The number of rotatable bonds is 4. The summed E-state index contributed by atoms with van der Waals surface area (Å²) in [7, 11) is 0. The summed E-state index contributed by atoms with van der Waals surface area (Å²) in [5.74, 6) is 0.426. The quantitative estimate of drug-likeness (QED) is 0.926. The molecule has 1 amide bonds. The summed E-state index contributed by atoms with van der Waals surface area (Å²) in [5.41, 5.74) is 0.00267. The number of likely N-dealkylation sites (tertiary alicyclic amines) is 1. The largest absolute Gasteiger partial charge is 0.351 e. The summed E-state index contributed by atoms with van der Waals surface area (Å²) in [6.45, 7) is 7.94. The Balaban J connectivity index is 1.83. The van der Waals surface area contributed by atoms with Gasteiger partial charge in [-0.2, -0.15) is 0 Å². The van der Waals surface area contributed by atoms with E-state index < -0.39 is 11.7 Å². The van der Waals surface area contributed by atoms with Crippen LogP contribution in [0, 0.1) is 17.7 Å². The van der Waals surface area contributed by atoms with E-state index in [1.165, 1.54) is 24.6 Å². The van der Waals surface area contributed by atoms with E-state index >= 15 is 0 Å². The highest BCUT2D eigenvalue weighted by atomic mass is 35.5. The van der Waals surface area contributed by atoms with Crippen LogP contribution in [0.2, 0.25) is 5.02 Å². The molecule has 1 aliphatic rings. The van der Waals surface area contributed by atoms with Crippen LogP contribution in [-0.2, 0) is 0 Å². The third kappa shape index (κ3) is 4.68. The Labute approximate surface area is 130 Å². The van der Waals surface area contributed by atoms with E-state index in [9.17, 15) is 9.18 Å². The highest BCUT2D eigenvalue weighted by Gasteiger charge is 2.21. The van der Waals surface area contributed by atoms with Crippen molar-refractivity contribution in [2.45, 2.75) is 20.3 Å². The lowest BCUT2D eigenvalue weighted by Gasteiger charge is -2.34. The molecule has 0 radical (unpaired) electrons. The molecule has 0 bridgehead atoms. The van der Waals surface area contributed by atoms with E-state index in [0.29, 0.717) is 23.4 Å². The molecule has 21 heavy (non-hydrogen) atoms. The van der Waals surface area contributed by atoms with Crippen molar-refractivity contribution in [3.8, 4) is 0 Å². The number of carbonyl (C=O) groups is 1. The van der Waals surface area contributed by atoms with Crippen LogP contribution in [0.25, 0.3) is 0 Å². The molecule has 1 N–H and O–H groups in total. The lowest BCUT2D eigenvalue weighted by atomic mass is 9.92. The minimum atomic E-state index is -0.544. The van der Waals surface area contributed by atoms with Gasteiger partial charge in [-0.05, 0) is 36.5 Å². The Morgan fingerprint density at radius 2 is 2.05 bits per heavy atom. The van der Waals surface area contributed by atoms with Crippen LogP contribution < -0.4 is 5.32 Å². The van der Waals surface area contributed by atoms with Crippen molar-refractivity contribution in [2.75, 3.05) is 26.2 Å². The number of piperidine rings is 1. The third-order valence-electron chi connectivity index (χ3n) is 3.83. The third-order valence-corrected chi connectivity index (χ3v) is 4.07. The van der Waals surface area contributed by atoms with Crippen molar-refractivity contribution in [2.24, 2.45) is 11.8 Å². The second-order valence-corrected chi connectivity index (χ2v) is 6.52. The van der Waals surface area contributed by atoms with E-state index in [1.54, 1.807) is 0 Å². The Morgan fingerprint density at radius 1 is 1.38 bits per heavy atom. The van der Waals surface area contributed by atoms with Crippen LogP contribution in [-0.4, -0.2) is 37.0 Å². The first-order valence-electron chi connectivity index (χ1n) is 7.41. The molecule has 3 nitrogen and oxygen atoms in total. The molecule has 1 aromatic carbocycles. The van der Waals surface area contributed by atoms with Gasteiger partial charge in [0.15, 0.2) is 0 Å². The number of amides is 1. The molecule has 1 saturated heterocycles. The maximum Gasteiger partial charge on any atom is 0.254 e. The van der Waals surface area contributed by atoms with Crippen molar-refractivity contribution in [3.63, 3.8) is 0 Å². The van der Waals surface area contributed by atoms with Gasteiger partial charge in [-0.15, -0.1) is 0 Å². The van der Waals surface area contributed by atoms with Gasteiger partial charge in [0, 0.05) is 31.2 Å². The Hall–Kier alpha value is -1.13. The van der Waals surface area contributed by atoms with E-state index in [4.69, 9.17) is 11.6 Å². The molecule has 1 aliphatic heterocycles. The second kappa shape index (κ2) is 7.23. The monoisotopic (exact) mass is 312 g/mol. The number of nitrogens with one attached hydrogen (secondary N) is 1. The first-order valence-corrected chi connectivity index (χ1v) is 7.79. The van der Waals surface area contributed by atoms with Gasteiger partial charge in [-0.1, -0.05) is 25.4 Å². The van der Waals surface area contributed by atoms with Gasteiger partial charge in [-0.25, -0.2) is 4.39 Å². The fraction of sp³-hybridized carbons (Fsp3) is 0.562. The Kier molecular flexibility index (Phi) is 5.59. The SMILES string of the molecule is C[C@@H]1C[C@H](C)CN(CCNC(=O)c2cc(Cl)ccc2F)C1. The Bertz CT molecular complexity index is 499. The molecule has 0 unspecified atom stereocenters. The predicted molar refractivity (Wildman–Crippen MR) is 83.1 cm³/mol. The lowest BCUT2D eigenvalue weighted by Crippen LogP contribution is -2.42. The molecule has 5 heteroatoms. The van der Waals surface area contributed by atoms with Gasteiger partial charge in [0.2, 0.25) is 0 Å².